The molecule has 1 atom stereocenters. The van der Waals surface area contributed by atoms with Crippen LogP contribution < -0.4 is 14.8 Å². The summed E-state index contributed by atoms with van der Waals surface area (Å²) in [6.45, 7) is 1.94. The first-order valence-corrected chi connectivity index (χ1v) is 8.23. The second kappa shape index (κ2) is 6.95. The summed E-state index contributed by atoms with van der Waals surface area (Å²) < 4.78 is 10.6. The highest BCUT2D eigenvalue weighted by Gasteiger charge is 2.23. The zero-order valence-corrected chi connectivity index (χ0v) is 14.3. The Morgan fingerprint density at radius 3 is 2.71 bits per heavy atom. The summed E-state index contributed by atoms with van der Waals surface area (Å²) in [5.74, 6) is 1.17. The van der Waals surface area contributed by atoms with E-state index in [0.29, 0.717) is 17.2 Å². The van der Waals surface area contributed by atoms with Crippen LogP contribution in [0.1, 0.15) is 53.1 Å². The first-order valence-electron chi connectivity index (χ1n) is 8.23. The van der Waals surface area contributed by atoms with E-state index in [1.54, 1.807) is 14.2 Å². The molecule has 1 heterocycles. The van der Waals surface area contributed by atoms with Gasteiger partial charge in [-0.25, -0.2) is 0 Å². The number of fused-ring (bicyclic) bond motifs is 1. The summed E-state index contributed by atoms with van der Waals surface area (Å²) >= 11 is 0. The van der Waals surface area contributed by atoms with Crippen LogP contribution in [0.5, 0.6) is 11.5 Å². The van der Waals surface area contributed by atoms with E-state index < -0.39 is 0 Å². The number of aromatic amines is 1. The van der Waals surface area contributed by atoms with E-state index in [-0.39, 0.29) is 11.9 Å². The molecule has 1 unspecified atom stereocenters. The zero-order chi connectivity index (χ0) is 17.1. The second-order valence-electron chi connectivity index (χ2n) is 6.05. The van der Waals surface area contributed by atoms with Crippen molar-refractivity contribution >= 4 is 5.91 Å². The number of amides is 1. The Morgan fingerprint density at radius 2 is 1.96 bits per heavy atom. The van der Waals surface area contributed by atoms with E-state index in [2.05, 4.69) is 15.5 Å². The van der Waals surface area contributed by atoms with Gasteiger partial charge in [-0.15, -0.1) is 0 Å². The third kappa shape index (κ3) is 3.09. The molecule has 0 spiro atoms. The Balaban J connectivity index is 1.76. The highest BCUT2D eigenvalue weighted by atomic mass is 16.5. The first kappa shape index (κ1) is 16.4. The number of carbonyl (C=O) groups excluding carboxylic acids is 1. The molecule has 2 N–H and O–H groups in total. The molecular formula is C18H23N3O3. The highest BCUT2D eigenvalue weighted by Crippen LogP contribution is 2.30. The van der Waals surface area contributed by atoms with Gasteiger partial charge in [0.2, 0.25) is 0 Å². The number of carbonyl (C=O) groups is 1. The predicted octanol–water partition coefficient (Wildman–Crippen LogP) is 2.80. The Bertz CT molecular complexity index is 739. The van der Waals surface area contributed by atoms with E-state index in [1.165, 1.54) is 0 Å². The molecule has 0 saturated carbocycles. The fourth-order valence-corrected chi connectivity index (χ4v) is 3.14. The zero-order valence-electron chi connectivity index (χ0n) is 14.3. The number of benzene rings is 1. The number of aryl methyl sites for hydroxylation is 1. The van der Waals surface area contributed by atoms with Gasteiger partial charge in [-0.05, 0) is 50.3 Å². The number of aromatic nitrogens is 2. The Kier molecular flexibility index (Phi) is 4.74. The number of H-pyrrole nitrogens is 1. The molecule has 1 aromatic carbocycles. The van der Waals surface area contributed by atoms with E-state index in [0.717, 1.165) is 42.5 Å². The van der Waals surface area contributed by atoms with Gasteiger partial charge >= 0.3 is 0 Å². The molecule has 0 fully saturated rings. The lowest BCUT2D eigenvalue weighted by Crippen LogP contribution is -2.28. The molecule has 128 valence electrons. The maximum Gasteiger partial charge on any atom is 0.272 e. The van der Waals surface area contributed by atoms with Crippen molar-refractivity contribution in [2.24, 2.45) is 0 Å². The maximum atomic E-state index is 12.6. The van der Waals surface area contributed by atoms with E-state index in [1.807, 2.05) is 25.1 Å². The van der Waals surface area contributed by atoms with Gasteiger partial charge in [-0.1, -0.05) is 6.07 Å². The number of hydrogen-bond donors (Lipinski definition) is 2. The van der Waals surface area contributed by atoms with E-state index >= 15 is 0 Å². The summed E-state index contributed by atoms with van der Waals surface area (Å²) in [6, 6.07) is 5.48. The van der Waals surface area contributed by atoms with Crippen LogP contribution in [0.4, 0.5) is 0 Å². The van der Waals surface area contributed by atoms with Crippen molar-refractivity contribution < 1.29 is 14.3 Å². The molecule has 3 rings (SSSR count). The van der Waals surface area contributed by atoms with Crippen LogP contribution in [0.15, 0.2) is 18.2 Å². The molecular weight excluding hydrogens is 306 g/mol. The summed E-state index contributed by atoms with van der Waals surface area (Å²) in [6.07, 6.45) is 4.15. The van der Waals surface area contributed by atoms with Crippen LogP contribution >= 0.6 is 0 Å². The monoisotopic (exact) mass is 329 g/mol. The Hall–Kier alpha value is -2.50. The highest BCUT2D eigenvalue weighted by molar-refractivity contribution is 5.94. The number of methoxy groups -OCH3 is 2. The van der Waals surface area contributed by atoms with Crippen LogP contribution in [-0.4, -0.2) is 30.3 Å². The summed E-state index contributed by atoms with van der Waals surface area (Å²) in [7, 11) is 3.20. The van der Waals surface area contributed by atoms with E-state index in [4.69, 9.17) is 9.47 Å². The quantitative estimate of drug-likeness (QED) is 0.884. The predicted molar refractivity (Wildman–Crippen MR) is 90.7 cm³/mol. The van der Waals surface area contributed by atoms with Gasteiger partial charge in [-0.2, -0.15) is 5.10 Å². The average molecular weight is 329 g/mol. The SMILES string of the molecule is COc1ccc(C(C)NC(=O)c2n[nH]c3c2CCCC3)cc1OC. The van der Waals surface area contributed by atoms with Gasteiger partial charge in [0.15, 0.2) is 17.2 Å². The Labute approximate surface area is 141 Å². The minimum absolute atomic E-state index is 0.142. The van der Waals surface area contributed by atoms with Crippen molar-refractivity contribution in [2.75, 3.05) is 14.2 Å². The lowest BCUT2D eigenvalue weighted by molar-refractivity contribution is 0.0933. The second-order valence-corrected chi connectivity index (χ2v) is 6.05. The molecule has 1 aromatic heterocycles. The van der Waals surface area contributed by atoms with Crippen molar-refractivity contribution in [1.82, 2.24) is 15.5 Å². The molecule has 1 aliphatic rings. The van der Waals surface area contributed by atoms with Gasteiger partial charge in [0.1, 0.15) is 0 Å². The summed E-state index contributed by atoms with van der Waals surface area (Å²) in [4.78, 5) is 12.6. The minimum atomic E-state index is -0.159. The van der Waals surface area contributed by atoms with Gasteiger partial charge in [0, 0.05) is 11.3 Å². The molecule has 0 radical (unpaired) electrons. The molecule has 24 heavy (non-hydrogen) atoms. The van der Waals surface area contributed by atoms with Crippen molar-refractivity contribution in [3.8, 4) is 11.5 Å². The topological polar surface area (TPSA) is 76.2 Å². The third-order valence-electron chi connectivity index (χ3n) is 4.53. The molecule has 1 amide bonds. The normalized spacial score (nSPS) is 14.6. The minimum Gasteiger partial charge on any atom is -0.493 e. The number of rotatable bonds is 5. The van der Waals surface area contributed by atoms with Gasteiger partial charge < -0.3 is 14.8 Å². The number of hydrogen-bond acceptors (Lipinski definition) is 4. The molecule has 0 bridgehead atoms. The van der Waals surface area contributed by atoms with Gasteiger partial charge in [0.25, 0.3) is 5.91 Å². The number of nitrogens with zero attached hydrogens (tertiary/aromatic N) is 1. The van der Waals surface area contributed by atoms with Crippen molar-refractivity contribution in [3.63, 3.8) is 0 Å². The summed E-state index contributed by atoms with van der Waals surface area (Å²) in [5.41, 5.74) is 3.64. The summed E-state index contributed by atoms with van der Waals surface area (Å²) in [5, 5.41) is 10.2. The van der Waals surface area contributed by atoms with Crippen LogP contribution in [0.2, 0.25) is 0 Å². The standard InChI is InChI=1S/C18H23N3O3/c1-11(12-8-9-15(23-2)16(10-12)24-3)19-18(22)17-13-6-4-5-7-14(13)20-21-17/h8-11H,4-7H2,1-3H3,(H,19,22)(H,20,21). The fourth-order valence-electron chi connectivity index (χ4n) is 3.14. The van der Waals surface area contributed by atoms with Gasteiger partial charge in [0.05, 0.1) is 20.3 Å². The van der Waals surface area contributed by atoms with E-state index in [9.17, 15) is 4.79 Å². The average Bonchev–Trinajstić information content (AvgIpc) is 3.05. The maximum absolute atomic E-state index is 12.6. The Morgan fingerprint density at radius 1 is 1.21 bits per heavy atom. The van der Waals surface area contributed by atoms with Crippen LogP contribution in [0.3, 0.4) is 0 Å². The lowest BCUT2D eigenvalue weighted by Gasteiger charge is -2.17. The fraction of sp³-hybridized carbons (Fsp3) is 0.444. The lowest BCUT2D eigenvalue weighted by atomic mass is 9.95. The largest absolute Gasteiger partial charge is 0.493 e. The molecule has 1 aliphatic carbocycles. The van der Waals surface area contributed by atoms with Crippen molar-refractivity contribution in [3.05, 3.63) is 40.7 Å². The van der Waals surface area contributed by atoms with Crippen LogP contribution in [0, 0.1) is 0 Å². The van der Waals surface area contributed by atoms with Crippen molar-refractivity contribution in [1.29, 1.82) is 0 Å². The number of nitrogens with one attached hydrogen (secondary N) is 2. The smallest absolute Gasteiger partial charge is 0.272 e. The first-order chi connectivity index (χ1) is 11.6. The van der Waals surface area contributed by atoms with Gasteiger partial charge in [-0.3, -0.25) is 9.89 Å². The third-order valence-corrected chi connectivity index (χ3v) is 4.53. The molecule has 6 heteroatoms. The molecule has 0 aliphatic heterocycles. The van der Waals surface area contributed by atoms with Crippen LogP contribution in [0.25, 0.3) is 0 Å². The van der Waals surface area contributed by atoms with Crippen LogP contribution in [-0.2, 0) is 12.8 Å². The molecule has 0 saturated heterocycles. The van der Waals surface area contributed by atoms with Crippen molar-refractivity contribution in [2.45, 2.75) is 38.6 Å². The molecule has 2 aromatic rings. The molecule has 6 nitrogen and oxygen atoms in total. The number of ether oxygens (including phenoxy) is 2.